The first-order chi connectivity index (χ1) is 10.1. The first-order valence-corrected chi connectivity index (χ1v) is 7.51. The van der Waals surface area contributed by atoms with E-state index in [1.165, 1.54) is 23.9 Å². The van der Waals surface area contributed by atoms with Crippen molar-refractivity contribution in [2.24, 2.45) is 5.73 Å². The Morgan fingerprint density at radius 2 is 2.10 bits per heavy atom. The zero-order valence-corrected chi connectivity index (χ0v) is 12.4. The molecule has 5 heteroatoms. The quantitative estimate of drug-likeness (QED) is 0.791. The van der Waals surface area contributed by atoms with Crippen LogP contribution in [-0.2, 0) is 6.42 Å². The van der Waals surface area contributed by atoms with Gasteiger partial charge in [0.15, 0.2) is 5.58 Å². The number of oxazole rings is 1. The summed E-state index contributed by atoms with van der Waals surface area (Å²) in [5, 5.41) is 0.550. The van der Waals surface area contributed by atoms with Crippen molar-refractivity contribution in [1.29, 1.82) is 0 Å². The van der Waals surface area contributed by atoms with E-state index in [-0.39, 0.29) is 11.9 Å². The van der Waals surface area contributed by atoms with Crippen LogP contribution in [0.5, 0.6) is 0 Å². The highest BCUT2D eigenvalue weighted by atomic mass is 32.2. The first-order valence-electron chi connectivity index (χ1n) is 6.69. The standard InChI is InChI=1S/C16H15FN2OS/c1-10(18)8-11-9-12(17)6-7-15(11)21-16-19-13-4-2-3-5-14(13)20-16/h2-7,9-10H,8,18H2,1H3. The molecule has 2 aromatic carbocycles. The average Bonchev–Trinajstić information content (AvgIpc) is 2.83. The third-order valence-corrected chi connectivity index (χ3v) is 4.00. The minimum Gasteiger partial charge on any atom is -0.431 e. The van der Waals surface area contributed by atoms with E-state index in [1.54, 1.807) is 6.07 Å². The van der Waals surface area contributed by atoms with Crippen LogP contribution in [0, 0.1) is 5.82 Å². The molecule has 0 aliphatic carbocycles. The summed E-state index contributed by atoms with van der Waals surface area (Å²) in [4.78, 5) is 5.34. The van der Waals surface area contributed by atoms with Gasteiger partial charge in [-0.15, -0.1) is 0 Å². The van der Waals surface area contributed by atoms with Gasteiger partial charge in [0.1, 0.15) is 11.3 Å². The summed E-state index contributed by atoms with van der Waals surface area (Å²) in [6.07, 6.45) is 0.611. The van der Waals surface area contributed by atoms with Crippen LogP contribution in [0.2, 0.25) is 0 Å². The summed E-state index contributed by atoms with van der Waals surface area (Å²) < 4.78 is 19.1. The van der Waals surface area contributed by atoms with Crippen LogP contribution in [-0.4, -0.2) is 11.0 Å². The maximum absolute atomic E-state index is 13.4. The fourth-order valence-corrected chi connectivity index (χ4v) is 3.02. The molecule has 0 spiro atoms. The van der Waals surface area contributed by atoms with E-state index in [4.69, 9.17) is 10.2 Å². The third kappa shape index (κ3) is 3.25. The molecule has 2 N–H and O–H groups in total. The SMILES string of the molecule is CC(N)Cc1cc(F)ccc1Sc1nc2ccccc2o1. The predicted molar refractivity (Wildman–Crippen MR) is 81.9 cm³/mol. The van der Waals surface area contributed by atoms with Gasteiger partial charge < -0.3 is 10.2 Å². The highest BCUT2D eigenvalue weighted by Crippen LogP contribution is 2.32. The summed E-state index contributed by atoms with van der Waals surface area (Å²) in [7, 11) is 0. The maximum Gasteiger partial charge on any atom is 0.261 e. The lowest BCUT2D eigenvalue weighted by atomic mass is 10.1. The summed E-state index contributed by atoms with van der Waals surface area (Å²) >= 11 is 1.39. The van der Waals surface area contributed by atoms with Crippen molar-refractivity contribution >= 4 is 22.9 Å². The van der Waals surface area contributed by atoms with Crippen LogP contribution >= 0.6 is 11.8 Å². The maximum atomic E-state index is 13.4. The van der Waals surface area contributed by atoms with E-state index in [9.17, 15) is 4.39 Å². The van der Waals surface area contributed by atoms with Crippen molar-refractivity contribution in [2.45, 2.75) is 29.5 Å². The normalized spacial score (nSPS) is 12.7. The van der Waals surface area contributed by atoms with Crippen LogP contribution in [0.4, 0.5) is 4.39 Å². The number of fused-ring (bicyclic) bond motifs is 1. The molecule has 0 saturated carbocycles. The molecule has 0 fully saturated rings. The minimum atomic E-state index is -0.257. The zero-order valence-electron chi connectivity index (χ0n) is 11.5. The monoisotopic (exact) mass is 302 g/mol. The van der Waals surface area contributed by atoms with E-state index < -0.39 is 0 Å². The van der Waals surface area contributed by atoms with Crippen molar-refractivity contribution in [3.8, 4) is 0 Å². The number of para-hydroxylation sites is 2. The van der Waals surface area contributed by atoms with Gasteiger partial charge in [-0.25, -0.2) is 9.37 Å². The number of aromatic nitrogens is 1. The van der Waals surface area contributed by atoms with Gasteiger partial charge in [-0.3, -0.25) is 0 Å². The lowest BCUT2D eigenvalue weighted by molar-refractivity contribution is 0.489. The van der Waals surface area contributed by atoms with Gasteiger partial charge in [0.2, 0.25) is 0 Å². The molecule has 1 aromatic heterocycles. The fourth-order valence-electron chi connectivity index (χ4n) is 2.14. The van der Waals surface area contributed by atoms with Crippen LogP contribution in [0.1, 0.15) is 12.5 Å². The van der Waals surface area contributed by atoms with Crippen LogP contribution in [0.3, 0.4) is 0 Å². The van der Waals surface area contributed by atoms with E-state index in [0.29, 0.717) is 11.6 Å². The molecule has 0 radical (unpaired) electrons. The van der Waals surface area contributed by atoms with Gasteiger partial charge in [-0.05, 0) is 61.0 Å². The molecule has 21 heavy (non-hydrogen) atoms. The van der Waals surface area contributed by atoms with Crippen molar-refractivity contribution in [3.05, 3.63) is 53.8 Å². The Hall–Kier alpha value is -1.85. The number of nitrogens with zero attached hydrogens (tertiary/aromatic N) is 1. The molecule has 1 heterocycles. The molecule has 0 aliphatic heterocycles. The molecule has 1 atom stereocenters. The van der Waals surface area contributed by atoms with Gasteiger partial charge in [-0.1, -0.05) is 12.1 Å². The van der Waals surface area contributed by atoms with Gasteiger partial charge >= 0.3 is 0 Å². The number of nitrogens with two attached hydrogens (primary N) is 1. The van der Waals surface area contributed by atoms with Crippen LogP contribution in [0.15, 0.2) is 57.0 Å². The Morgan fingerprint density at radius 1 is 1.29 bits per heavy atom. The van der Waals surface area contributed by atoms with Crippen LogP contribution < -0.4 is 5.73 Å². The molecule has 3 nitrogen and oxygen atoms in total. The smallest absolute Gasteiger partial charge is 0.261 e. The molecule has 108 valence electrons. The van der Waals surface area contributed by atoms with Crippen molar-refractivity contribution in [1.82, 2.24) is 4.98 Å². The summed E-state index contributed by atoms with van der Waals surface area (Å²) in [5.41, 5.74) is 8.26. The van der Waals surface area contributed by atoms with Crippen molar-refractivity contribution < 1.29 is 8.81 Å². The Bertz CT molecular complexity index is 737. The second-order valence-corrected chi connectivity index (χ2v) is 5.98. The molecule has 1 unspecified atom stereocenters. The Labute approximate surface area is 126 Å². The van der Waals surface area contributed by atoms with E-state index >= 15 is 0 Å². The second-order valence-electron chi connectivity index (χ2n) is 4.98. The Morgan fingerprint density at radius 3 is 2.86 bits per heavy atom. The molecular weight excluding hydrogens is 287 g/mol. The number of benzene rings is 2. The second kappa shape index (κ2) is 5.87. The summed E-state index contributed by atoms with van der Waals surface area (Å²) in [5.74, 6) is -0.257. The lowest BCUT2D eigenvalue weighted by Crippen LogP contribution is -2.18. The number of halogens is 1. The highest BCUT2D eigenvalue weighted by Gasteiger charge is 2.12. The first kappa shape index (κ1) is 14.1. The van der Waals surface area contributed by atoms with Gasteiger partial charge in [0.25, 0.3) is 5.22 Å². The minimum absolute atomic E-state index is 0.0326. The van der Waals surface area contributed by atoms with Crippen molar-refractivity contribution in [3.63, 3.8) is 0 Å². The summed E-state index contributed by atoms with van der Waals surface area (Å²) in [6.45, 7) is 1.90. The lowest BCUT2D eigenvalue weighted by Gasteiger charge is -2.10. The number of hydrogen-bond acceptors (Lipinski definition) is 4. The number of hydrogen-bond donors (Lipinski definition) is 1. The Kier molecular flexibility index (Phi) is 3.94. The largest absolute Gasteiger partial charge is 0.431 e. The zero-order chi connectivity index (χ0) is 14.8. The summed E-state index contributed by atoms with van der Waals surface area (Å²) in [6, 6.07) is 12.3. The predicted octanol–water partition coefficient (Wildman–Crippen LogP) is 4.01. The van der Waals surface area contributed by atoms with E-state index in [2.05, 4.69) is 4.98 Å². The topological polar surface area (TPSA) is 52.0 Å². The van der Waals surface area contributed by atoms with Gasteiger partial charge in [0, 0.05) is 10.9 Å². The molecule has 3 aromatic rings. The third-order valence-electron chi connectivity index (χ3n) is 3.04. The van der Waals surface area contributed by atoms with Crippen molar-refractivity contribution in [2.75, 3.05) is 0 Å². The fraction of sp³-hybridized carbons (Fsp3) is 0.188. The molecular formula is C16H15FN2OS. The van der Waals surface area contributed by atoms with E-state index in [1.807, 2.05) is 31.2 Å². The van der Waals surface area contributed by atoms with E-state index in [0.717, 1.165) is 21.6 Å². The Balaban J connectivity index is 1.93. The molecule has 0 amide bonds. The van der Waals surface area contributed by atoms with Gasteiger partial charge in [-0.2, -0.15) is 0 Å². The molecule has 0 bridgehead atoms. The number of rotatable bonds is 4. The van der Waals surface area contributed by atoms with Gasteiger partial charge in [0.05, 0.1) is 0 Å². The van der Waals surface area contributed by atoms with Crippen LogP contribution in [0.25, 0.3) is 11.1 Å². The highest BCUT2D eigenvalue weighted by molar-refractivity contribution is 7.99. The average molecular weight is 302 g/mol. The molecule has 0 aliphatic rings. The molecule has 3 rings (SSSR count). The molecule has 0 saturated heterocycles.